The Labute approximate surface area is 171 Å². The summed E-state index contributed by atoms with van der Waals surface area (Å²) in [5.41, 5.74) is 6.25. The van der Waals surface area contributed by atoms with E-state index in [9.17, 15) is 14.4 Å². The van der Waals surface area contributed by atoms with Crippen molar-refractivity contribution < 1.29 is 4.79 Å². The van der Waals surface area contributed by atoms with Gasteiger partial charge in [0.2, 0.25) is 5.91 Å². The molecule has 3 rings (SSSR count). The zero-order chi connectivity index (χ0) is 21.3. The Balaban J connectivity index is 2.08. The van der Waals surface area contributed by atoms with Gasteiger partial charge < -0.3 is 5.73 Å². The third-order valence-electron chi connectivity index (χ3n) is 4.42. The Bertz CT molecular complexity index is 1200. The van der Waals surface area contributed by atoms with Gasteiger partial charge >= 0.3 is 5.69 Å². The Hall–Kier alpha value is -2.94. The molecule has 3 aromatic rings. The third-order valence-corrected chi connectivity index (χ3v) is 5.47. The fraction of sp³-hybridized carbons (Fsp3) is 0.350. The summed E-state index contributed by atoms with van der Waals surface area (Å²) in [4.78, 5) is 45.6. The smallest absolute Gasteiger partial charge is 0.332 e. The second-order valence-electron chi connectivity index (χ2n) is 7.28. The topological polar surface area (TPSA) is 113 Å². The van der Waals surface area contributed by atoms with E-state index in [2.05, 4.69) is 9.97 Å². The largest absolute Gasteiger partial charge is 0.366 e. The lowest BCUT2D eigenvalue weighted by molar-refractivity contribution is 0.100. The number of carbonyl (C=O) groups excluding carboxylic acids is 1. The lowest BCUT2D eigenvalue weighted by Gasteiger charge is -2.15. The molecule has 2 N–H and O–H groups in total. The number of rotatable bonds is 6. The fourth-order valence-electron chi connectivity index (χ4n) is 2.99. The summed E-state index contributed by atoms with van der Waals surface area (Å²) in [5.74, 6) is 0.767. The number of nitrogens with two attached hydrogens (primary N) is 1. The molecule has 0 radical (unpaired) electrons. The molecule has 2 aromatic heterocycles. The van der Waals surface area contributed by atoms with Crippen LogP contribution < -0.4 is 17.0 Å². The number of amides is 1. The van der Waals surface area contributed by atoms with Crippen molar-refractivity contribution in [1.29, 1.82) is 0 Å². The molecule has 0 saturated heterocycles. The van der Waals surface area contributed by atoms with Crippen LogP contribution in [0.5, 0.6) is 0 Å². The molecule has 9 heteroatoms. The molecule has 29 heavy (non-hydrogen) atoms. The Morgan fingerprint density at radius 3 is 2.41 bits per heavy atom. The van der Waals surface area contributed by atoms with Gasteiger partial charge in [0.15, 0.2) is 5.65 Å². The standard InChI is InChI=1S/C20H23N5O3S/c1-11(2)9-25-17-15(19(27)24(4)20(25)28)18(23-12(3)22-17)29-10-13-5-7-14(8-6-13)16(21)26/h5-8,11H,9-10H2,1-4H3,(H2,21,26). The number of hydrogen-bond acceptors (Lipinski definition) is 6. The molecule has 0 unspecified atom stereocenters. The Kier molecular flexibility index (Phi) is 5.88. The number of thioether (sulfide) groups is 1. The van der Waals surface area contributed by atoms with Crippen molar-refractivity contribution in [1.82, 2.24) is 19.1 Å². The monoisotopic (exact) mass is 413 g/mol. The summed E-state index contributed by atoms with van der Waals surface area (Å²) in [6.45, 7) is 6.21. The average Bonchev–Trinajstić information content (AvgIpc) is 2.67. The highest BCUT2D eigenvalue weighted by Crippen LogP contribution is 2.26. The summed E-state index contributed by atoms with van der Waals surface area (Å²) < 4.78 is 2.65. The first-order valence-electron chi connectivity index (χ1n) is 9.18. The van der Waals surface area contributed by atoms with E-state index in [4.69, 9.17) is 5.73 Å². The first-order valence-corrected chi connectivity index (χ1v) is 10.2. The van der Waals surface area contributed by atoms with Crippen LogP contribution in [0.3, 0.4) is 0 Å². The van der Waals surface area contributed by atoms with Crippen molar-refractivity contribution in [2.75, 3.05) is 0 Å². The summed E-state index contributed by atoms with van der Waals surface area (Å²) in [5, 5.41) is 0.877. The second kappa shape index (κ2) is 8.20. The summed E-state index contributed by atoms with van der Waals surface area (Å²) >= 11 is 1.39. The first kappa shape index (κ1) is 20.8. The van der Waals surface area contributed by atoms with Crippen LogP contribution in [0.1, 0.15) is 35.6 Å². The molecular formula is C20H23N5O3S. The Morgan fingerprint density at radius 1 is 1.17 bits per heavy atom. The number of aryl methyl sites for hydroxylation is 1. The maximum absolute atomic E-state index is 12.9. The SMILES string of the molecule is Cc1nc(SCc2ccc(C(N)=O)cc2)c2c(=O)n(C)c(=O)n(CC(C)C)c2n1. The van der Waals surface area contributed by atoms with Gasteiger partial charge in [0, 0.05) is 24.9 Å². The van der Waals surface area contributed by atoms with E-state index in [1.54, 1.807) is 23.6 Å². The molecule has 0 spiro atoms. The van der Waals surface area contributed by atoms with Gasteiger partial charge in [-0.25, -0.2) is 14.8 Å². The molecule has 2 heterocycles. The molecule has 0 saturated carbocycles. The molecule has 152 valence electrons. The molecule has 1 amide bonds. The van der Waals surface area contributed by atoms with Crippen LogP contribution in [0.4, 0.5) is 0 Å². The van der Waals surface area contributed by atoms with Gasteiger partial charge in [-0.2, -0.15) is 0 Å². The van der Waals surface area contributed by atoms with E-state index < -0.39 is 11.5 Å². The van der Waals surface area contributed by atoms with Crippen molar-refractivity contribution in [3.8, 4) is 0 Å². The van der Waals surface area contributed by atoms with Crippen LogP contribution in [0, 0.1) is 12.8 Å². The minimum Gasteiger partial charge on any atom is -0.366 e. The molecule has 0 aliphatic carbocycles. The van der Waals surface area contributed by atoms with Crippen LogP contribution in [-0.4, -0.2) is 25.0 Å². The van der Waals surface area contributed by atoms with E-state index in [0.29, 0.717) is 39.7 Å². The summed E-state index contributed by atoms with van der Waals surface area (Å²) in [6.07, 6.45) is 0. The highest BCUT2D eigenvalue weighted by Gasteiger charge is 2.18. The van der Waals surface area contributed by atoms with Gasteiger partial charge in [0.1, 0.15) is 16.2 Å². The number of aromatic nitrogens is 4. The van der Waals surface area contributed by atoms with Crippen LogP contribution in [0.15, 0.2) is 38.9 Å². The minimum atomic E-state index is -0.478. The molecular weight excluding hydrogens is 390 g/mol. The highest BCUT2D eigenvalue weighted by molar-refractivity contribution is 7.98. The average molecular weight is 414 g/mol. The van der Waals surface area contributed by atoms with Gasteiger partial charge in [0.05, 0.1) is 0 Å². The summed E-state index contributed by atoms with van der Waals surface area (Å²) in [7, 11) is 1.47. The maximum atomic E-state index is 12.9. The summed E-state index contributed by atoms with van der Waals surface area (Å²) in [6, 6.07) is 6.97. The van der Waals surface area contributed by atoms with E-state index in [0.717, 1.165) is 10.1 Å². The van der Waals surface area contributed by atoms with Crippen molar-refractivity contribution in [2.24, 2.45) is 18.7 Å². The van der Waals surface area contributed by atoms with Gasteiger partial charge in [0.25, 0.3) is 5.56 Å². The van der Waals surface area contributed by atoms with E-state index >= 15 is 0 Å². The quantitative estimate of drug-likeness (QED) is 0.487. The van der Waals surface area contributed by atoms with Crippen LogP contribution in [0.2, 0.25) is 0 Å². The van der Waals surface area contributed by atoms with Crippen LogP contribution in [0.25, 0.3) is 11.0 Å². The Morgan fingerprint density at radius 2 is 1.83 bits per heavy atom. The predicted octanol–water partition coefficient (Wildman–Crippen LogP) is 1.85. The fourth-order valence-corrected chi connectivity index (χ4v) is 4.01. The number of benzene rings is 1. The van der Waals surface area contributed by atoms with Crippen LogP contribution >= 0.6 is 11.8 Å². The minimum absolute atomic E-state index is 0.212. The third kappa shape index (κ3) is 4.24. The predicted molar refractivity (Wildman–Crippen MR) is 113 cm³/mol. The molecule has 0 fully saturated rings. The lowest BCUT2D eigenvalue weighted by Crippen LogP contribution is -2.39. The number of nitrogens with zero attached hydrogens (tertiary/aromatic N) is 4. The molecule has 1 aromatic carbocycles. The van der Waals surface area contributed by atoms with Crippen molar-refractivity contribution in [3.05, 3.63) is 62.1 Å². The normalized spacial score (nSPS) is 11.3. The van der Waals surface area contributed by atoms with Gasteiger partial charge in [-0.15, -0.1) is 11.8 Å². The molecule has 8 nitrogen and oxygen atoms in total. The zero-order valence-corrected chi connectivity index (χ0v) is 17.6. The highest BCUT2D eigenvalue weighted by atomic mass is 32.2. The van der Waals surface area contributed by atoms with Crippen molar-refractivity contribution in [3.63, 3.8) is 0 Å². The number of fused-ring (bicyclic) bond motifs is 1. The van der Waals surface area contributed by atoms with E-state index in [-0.39, 0.29) is 11.6 Å². The van der Waals surface area contributed by atoms with E-state index in [1.807, 2.05) is 26.0 Å². The number of primary amides is 1. The molecule has 0 aliphatic rings. The number of hydrogen-bond donors (Lipinski definition) is 1. The maximum Gasteiger partial charge on any atom is 0.332 e. The number of carbonyl (C=O) groups is 1. The van der Waals surface area contributed by atoms with Gasteiger partial charge in [-0.3, -0.25) is 18.7 Å². The van der Waals surface area contributed by atoms with Gasteiger partial charge in [-0.1, -0.05) is 26.0 Å². The zero-order valence-electron chi connectivity index (χ0n) is 16.8. The second-order valence-corrected chi connectivity index (χ2v) is 8.24. The van der Waals surface area contributed by atoms with E-state index in [1.165, 1.54) is 18.8 Å². The first-order chi connectivity index (χ1) is 13.7. The van der Waals surface area contributed by atoms with Gasteiger partial charge in [-0.05, 0) is 30.5 Å². The van der Waals surface area contributed by atoms with Crippen LogP contribution in [-0.2, 0) is 19.3 Å². The van der Waals surface area contributed by atoms with Crippen molar-refractivity contribution in [2.45, 2.75) is 38.1 Å². The van der Waals surface area contributed by atoms with Crippen molar-refractivity contribution >= 4 is 28.7 Å². The molecule has 0 atom stereocenters. The lowest BCUT2D eigenvalue weighted by atomic mass is 10.1. The molecule has 0 aliphatic heterocycles. The molecule has 0 bridgehead atoms.